The Morgan fingerprint density at radius 2 is 2.37 bits per heavy atom. The molecular weight excluding hydrogens is 260 g/mol. The third-order valence-electron chi connectivity index (χ3n) is 4.02. The monoisotopic (exact) mass is 276 g/mol. The Morgan fingerprint density at radius 3 is 3.21 bits per heavy atom. The predicted octanol–water partition coefficient (Wildman–Crippen LogP) is 1.12. The van der Waals surface area contributed by atoms with E-state index in [1.807, 2.05) is 11.7 Å². The van der Waals surface area contributed by atoms with Crippen LogP contribution in [0.5, 0.6) is 0 Å². The Kier molecular flexibility index (Phi) is 2.73. The van der Waals surface area contributed by atoms with Gasteiger partial charge in [-0.1, -0.05) is 0 Å². The number of nitrogens with zero attached hydrogens (tertiary/aromatic N) is 4. The molecule has 100 valence electrons. The van der Waals surface area contributed by atoms with E-state index in [1.54, 1.807) is 11.3 Å². The van der Waals surface area contributed by atoms with E-state index >= 15 is 0 Å². The first-order valence-electron chi connectivity index (χ1n) is 6.70. The minimum atomic E-state index is 0.610. The van der Waals surface area contributed by atoms with E-state index < -0.39 is 0 Å². The van der Waals surface area contributed by atoms with Gasteiger partial charge in [0.1, 0.15) is 0 Å². The minimum absolute atomic E-state index is 0.610. The fourth-order valence-corrected chi connectivity index (χ4v) is 3.61. The molecule has 0 amide bonds. The standard InChI is InChI=1S/C12H16N6S/c1-2-8-5-18(6-9(8)14-3-1)12-15-11(16-17-12)10-4-13-7-19-10/h4,7-9,14H,1-3,5-6H2,(H,15,16,17). The lowest BCUT2D eigenvalue weighted by Crippen LogP contribution is -2.40. The lowest BCUT2D eigenvalue weighted by atomic mass is 9.94. The molecule has 2 aliphatic heterocycles. The average Bonchev–Trinajstić information content (AvgIpc) is 3.17. The largest absolute Gasteiger partial charge is 0.338 e. The molecule has 2 saturated heterocycles. The van der Waals surface area contributed by atoms with Crippen LogP contribution in [0.1, 0.15) is 12.8 Å². The molecule has 6 nitrogen and oxygen atoms in total. The van der Waals surface area contributed by atoms with Gasteiger partial charge in [0.2, 0.25) is 5.95 Å². The van der Waals surface area contributed by atoms with Gasteiger partial charge in [-0.25, -0.2) is 0 Å². The number of aromatic nitrogens is 4. The Labute approximate surface area is 115 Å². The Balaban J connectivity index is 1.54. The third-order valence-corrected chi connectivity index (χ3v) is 4.80. The summed E-state index contributed by atoms with van der Waals surface area (Å²) in [6, 6.07) is 0.610. The Morgan fingerprint density at radius 1 is 1.37 bits per heavy atom. The molecule has 4 heterocycles. The van der Waals surface area contributed by atoms with Crippen LogP contribution in [0.2, 0.25) is 0 Å². The maximum absolute atomic E-state index is 4.59. The predicted molar refractivity (Wildman–Crippen MR) is 74.2 cm³/mol. The number of nitrogens with one attached hydrogen (secondary N) is 2. The Hall–Kier alpha value is -1.47. The van der Waals surface area contributed by atoms with Gasteiger partial charge in [-0.05, 0) is 25.3 Å². The maximum atomic E-state index is 4.59. The number of anilines is 1. The van der Waals surface area contributed by atoms with Crippen LogP contribution in [0, 0.1) is 5.92 Å². The third kappa shape index (κ3) is 2.02. The van der Waals surface area contributed by atoms with Crippen molar-refractivity contribution >= 4 is 17.3 Å². The van der Waals surface area contributed by atoms with Gasteiger partial charge in [0.25, 0.3) is 0 Å². The molecule has 19 heavy (non-hydrogen) atoms. The van der Waals surface area contributed by atoms with Crippen molar-refractivity contribution in [3.63, 3.8) is 0 Å². The number of hydrogen-bond donors (Lipinski definition) is 2. The summed E-state index contributed by atoms with van der Waals surface area (Å²) >= 11 is 1.58. The molecule has 2 fully saturated rings. The minimum Gasteiger partial charge on any atom is -0.338 e. The molecular formula is C12H16N6S. The van der Waals surface area contributed by atoms with Crippen LogP contribution in [0.4, 0.5) is 5.95 Å². The van der Waals surface area contributed by atoms with Gasteiger partial charge >= 0.3 is 0 Å². The van der Waals surface area contributed by atoms with E-state index in [2.05, 4.69) is 30.4 Å². The molecule has 2 N–H and O–H groups in total. The van der Waals surface area contributed by atoms with Crippen LogP contribution in [-0.2, 0) is 0 Å². The molecule has 2 aromatic heterocycles. The number of rotatable bonds is 2. The van der Waals surface area contributed by atoms with E-state index in [1.165, 1.54) is 12.8 Å². The summed E-state index contributed by atoms with van der Waals surface area (Å²) in [5.74, 6) is 2.39. The van der Waals surface area contributed by atoms with Gasteiger partial charge in [-0.15, -0.1) is 16.4 Å². The lowest BCUT2D eigenvalue weighted by molar-refractivity contribution is 0.340. The highest BCUT2D eigenvalue weighted by Gasteiger charge is 2.35. The van der Waals surface area contributed by atoms with E-state index in [4.69, 9.17) is 0 Å². The molecule has 0 saturated carbocycles. The topological polar surface area (TPSA) is 69.7 Å². The van der Waals surface area contributed by atoms with E-state index in [0.29, 0.717) is 6.04 Å². The molecule has 0 bridgehead atoms. The molecule has 4 rings (SSSR count). The van der Waals surface area contributed by atoms with Crippen molar-refractivity contribution in [2.24, 2.45) is 5.92 Å². The van der Waals surface area contributed by atoms with Gasteiger partial charge in [0.05, 0.1) is 10.4 Å². The van der Waals surface area contributed by atoms with Crippen molar-refractivity contribution in [1.82, 2.24) is 25.5 Å². The van der Waals surface area contributed by atoms with Crippen LogP contribution in [0.25, 0.3) is 10.7 Å². The smallest absolute Gasteiger partial charge is 0.245 e. The highest BCUT2D eigenvalue weighted by atomic mass is 32.1. The van der Waals surface area contributed by atoms with Crippen LogP contribution >= 0.6 is 11.3 Å². The number of piperidine rings is 1. The number of fused-ring (bicyclic) bond motifs is 1. The van der Waals surface area contributed by atoms with Crippen molar-refractivity contribution < 1.29 is 0 Å². The van der Waals surface area contributed by atoms with Crippen LogP contribution in [-0.4, -0.2) is 45.8 Å². The van der Waals surface area contributed by atoms with Crippen molar-refractivity contribution in [2.45, 2.75) is 18.9 Å². The zero-order chi connectivity index (χ0) is 12.7. The summed E-state index contributed by atoms with van der Waals surface area (Å²) in [5, 5.41) is 11.0. The highest BCUT2D eigenvalue weighted by molar-refractivity contribution is 7.13. The molecule has 2 unspecified atom stereocenters. The zero-order valence-electron chi connectivity index (χ0n) is 10.5. The summed E-state index contributed by atoms with van der Waals surface area (Å²) in [5.41, 5.74) is 1.81. The molecule has 7 heteroatoms. The van der Waals surface area contributed by atoms with Crippen LogP contribution in [0.3, 0.4) is 0 Å². The summed E-state index contributed by atoms with van der Waals surface area (Å²) in [6.45, 7) is 3.23. The molecule has 2 atom stereocenters. The summed E-state index contributed by atoms with van der Waals surface area (Å²) < 4.78 is 0. The van der Waals surface area contributed by atoms with Gasteiger partial charge in [-0.3, -0.25) is 10.1 Å². The zero-order valence-corrected chi connectivity index (χ0v) is 11.4. The average molecular weight is 276 g/mol. The first kappa shape index (κ1) is 11.4. The van der Waals surface area contributed by atoms with Crippen molar-refractivity contribution in [2.75, 3.05) is 24.5 Å². The van der Waals surface area contributed by atoms with Gasteiger partial charge < -0.3 is 10.2 Å². The molecule has 0 aliphatic carbocycles. The summed E-state index contributed by atoms with van der Waals surface area (Å²) in [6.07, 6.45) is 4.43. The lowest BCUT2D eigenvalue weighted by Gasteiger charge is -2.24. The quantitative estimate of drug-likeness (QED) is 0.860. The number of hydrogen-bond acceptors (Lipinski definition) is 6. The van der Waals surface area contributed by atoms with Gasteiger partial charge in [0, 0.05) is 25.3 Å². The van der Waals surface area contributed by atoms with E-state index in [0.717, 1.165) is 42.2 Å². The number of thiazole rings is 1. The normalized spacial score (nSPS) is 26.6. The molecule has 2 aliphatic rings. The summed E-state index contributed by atoms with van der Waals surface area (Å²) in [7, 11) is 0. The molecule has 2 aromatic rings. The Bertz CT molecular complexity index is 536. The van der Waals surface area contributed by atoms with Crippen molar-refractivity contribution in [1.29, 1.82) is 0 Å². The fraction of sp³-hybridized carbons (Fsp3) is 0.583. The second-order valence-electron chi connectivity index (χ2n) is 5.22. The summed E-state index contributed by atoms with van der Waals surface area (Å²) in [4.78, 5) is 12.0. The van der Waals surface area contributed by atoms with Crippen LogP contribution in [0.15, 0.2) is 11.7 Å². The van der Waals surface area contributed by atoms with Crippen molar-refractivity contribution in [3.8, 4) is 10.7 Å². The molecule has 0 aromatic carbocycles. The first-order chi connectivity index (χ1) is 9.40. The van der Waals surface area contributed by atoms with Crippen LogP contribution < -0.4 is 10.2 Å². The molecule has 0 spiro atoms. The van der Waals surface area contributed by atoms with E-state index in [-0.39, 0.29) is 0 Å². The fourth-order valence-electron chi connectivity index (χ4n) is 3.05. The molecule has 0 radical (unpaired) electrons. The number of aromatic amines is 1. The first-order valence-corrected chi connectivity index (χ1v) is 7.58. The van der Waals surface area contributed by atoms with Gasteiger partial charge in [0.15, 0.2) is 5.82 Å². The SMILES string of the molecule is c1ncc(-c2nc(N3CC4CCCNC4C3)n[nH]2)s1. The number of H-pyrrole nitrogens is 1. The maximum Gasteiger partial charge on any atom is 0.245 e. The highest BCUT2D eigenvalue weighted by Crippen LogP contribution is 2.28. The second kappa shape index (κ2) is 4.57. The van der Waals surface area contributed by atoms with Gasteiger partial charge in [-0.2, -0.15) is 4.98 Å². The van der Waals surface area contributed by atoms with E-state index in [9.17, 15) is 0 Å². The second-order valence-corrected chi connectivity index (χ2v) is 6.10. The van der Waals surface area contributed by atoms with Crippen molar-refractivity contribution in [3.05, 3.63) is 11.7 Å².